The topological polar surface area (TPSA) is 37.8 Å². The maximum absolute atomic E-state index is 12.6. The van der Waals surface area contributed by atoms with Crippen molar-refractivity contribution in [3.63, 3.8) is 0 Å². The van der Waals surface area contributed by atoms with E-state index >= 15 is 0 Å². The summed E-state index contributed by atoms with van der Waals surface area (Å²) in [4.78, 5) is 7.28. The van der Waals surface area contributed by atoms with Crippen LogP contribution in [0.2, 0.25) is 0 Å². The first kappa shape index (κ1) is 10.9. The van der Waals surface area contributed by atoms with E-state index in [2.05, 4.69) is 36.1 Å². The van der Waals surface area contributed by atoms with Gasteiger partial charge in [-0.3, -0.25) is 0 Å². The Labute approximate surface area is 83.8 Å². The van der Waals surface area contributed by atoms with Crippen LogP contribution in [0.4, 0.5) is 10.2 Å². The van der Waals surface area contributed by atoms with Crippen LogP contribution in [0.15, 0.2) is 12.4 Å². The summed E-state index contributed by atoms with van der Waals surface area (Å²) in [5.41, 5.74) is 0.276. The summed E-state index contributed by atoms with van der Waals surface area (Å²) in [6.07, 6.45) is 2.23. The van der Waals surface area contributed by atoms with Crippen molar-refractivity contribution in [2.24, 2.45) is 5.41 Å². The Balaban J connectivity index is 2.39. The molecule has 1 aromatic rings. The second-order valence-corrected chi connectivity index (χ2v) is 4.46. The Kier molecular flexibility index (Phi) is 3.38. The molecule has 0 spiro atoms. The lowest BCUT2D eigenvalue weighted by Gasteiger charge is -2.18. The first-order chi connectivity index (χ1) is 6.47. The Morgan fingerprint density at radius 1 is 1.36 bits per heavy atom. The zero-order valence-corrected chi connectivity index (χ0v) is 8.84. The molecule has 0 saturated heterocycles. The highest BCUT2D eigenvalue weighted by molar-refractivity contribution is 5.31. The number of hydrogen-bond donors (Lipinski definition) is 1. The van der Waals surface area contributed by atoms with E-state index < -0.39 is 5.95 Å². The first-order valence-electron chi connectivity index (χ1n) is 4.69. The van der Waals surface area contributed by atoms with Crippen LogP contribution in [0.3, 0.4) is 0 Å². The lowest BCUT2D eigenvalue weighted by molar-refractivity contribution is 0.389. The Hall–Kier alpha value is -1.19. The van der Waals surface area contributed by atoms with Crippen molar-refractivity contribution >= 4 is 5.82 Å². The van der Waals surface area contributed by atoms with Gasteiger partial charge < -0.3 is 5.32 Å². The highest BCUT2D eigenvalue weighted by atomic mass is 19.1. The molecule has 14 heavy (non-hydrogen) atoms. The number of nitrogens with one attached hydrogen (secondary N) is 1. The van der Waals surface area contributed by atoms with Gasteiger partial charge in [0.25, 0.3) is 0 Å². The zero-order valence-electron chi connectivity index (χ0n) is 8.84. The highest BCUT2D eigenvalue weighted by Crippen LogP contribution is 2.18. The van der Waals surface area contributed by atoms with Crippen LogP contribution in [0.1, 0.15) is 27.2 Å². The third-order valence-electron chi connectivity index (χ3n) is 1.81. The smallest absolute Gasteiger partial charge is 0.217 e. The average Bonchev–Trinajstić information content (AvgIpc) is 2.01. The average molecular weight is 197 g/mol. The maximum Gasteiger partial charge on any atom is 0.217 e. The minimum absolute atomic E-state index is 0.276. The molecular formula is C10H16FN3. The summed E-state index contributed by atoms with van der Waals surface area (Å²) in [5, 5.41) is 3.05. The van der Waals surface area contributed by atoms with Crippen molar-refractivity contribution in [3.05, 3.63) is 18.3 Å². The summed E-state index contributed by atoms with van der Waals surface area (Å²) in [7, 11) is 0. The van der Waals surface area contributed by atoms with Gasteiger partial charge in [-0.05, 0) is 11.8 Å². The van der Waals surface area contributed by atoms with Gasteiger partial charge in [-0.2, -0.15) is 4.39 Å². The Morgan fingerprint density at radius 3 is 2.64 bits per heavy atom. The van der Waals surface area contributed by atoms with Crippen molar-refractivity contribution in [2.45, 2.75) is 27.2 Å². The van der Waals surface area contributed by atoms with Crippen molar-refractivity contribution in [2.75, 3.05) is 11.9 Å². The summed E-state index contributed by atoms with van der Waals surface area (Å²) >= 11 is 0. The lowest BCUT2D eigenvalue weighted by Crippen LogP contribution is -2.13. The third kappa shape index (κ3) is 4.16. The van der Waals surface area contributed by atoms with Gasteiger partial charge in [0.2, 0.25) is 5.95 Å². The van der Waals surface area contributed by atoms with Crippen LogP contribution in [0.5, 0.6) is 0 Å². The minimum atomic E-state index is -0.502. The number of aromatic nitrogens is 2. The predicted octanol–water partition coefficient (Wildman–Crippen LogP) is 2.46. The Bertz CT molecular complexity index is 294. The molecule has 0 amide bonds. The molecule has 3 nitrogen and oxygen atoms in total. The van der Waals surface area contributed by atoms with Crippen LogP contribution < -0.4 is 5.32 Å². The van der Waals surface area contributed by atoms with Gasteiger partial charge in [-0.1, -0.05) is 20.8 Å². The van der Waals surface area contributed by atoms with Gasteiger partial charge in [-0.15, -0.1) is 0 Å². The third-order valence-corrected chi connectivity index (χ3v) is 1.81. The molecule has 0 bridgehead atoms. The minimum Gasteiger partial charge on any atom is -0.370 e. The molecule has 0 aliphatic heterocycles. The van der Waals surface area contributed by atoms with E-state index in [1.807, 2.05) is 0 Å². The van der Waals surface area contributed by atoms with Gasteiger partial charge in [0, 0.05) is 12.6 Å². The van der Waals surface area contributed by atoms with Crippen LogP contribution in [0, 0.1) is 11.4 Å². The number of rotatable bonds is 3. The fraction of sp³-hybridized carbons (Fsp3) is 0.600. The van der Waals surface area contributed by atoms with Crippen LogP contribution in [-0.4, -0.2) is 16.5 Å². The number of hydrogen-bond acceptors (Lipinski definition) is 3. The molecule has 0 radical (unpaired) electrons. The SMILES string of the molecule is CC(C)(C)CCNc1cc(F)ncn1. The normalized spacial score (nSPS) is 11.4. The molecule has 0 fully saturated rings. The summed E-state index contributed by atoms with van der Waals surface area (Å²) in [5.74, 6) is 0.0417. The van der Waals surface area contributed by atoms with E-state index in [9.17, 15) is 4.39 Å². The molecule has 1 N–H and O–H groups in total. The van der Waals surface area contributed by atoms with Crippen molar-refractivity contribution in [1.29, 1.82) is 0 Å². The molecule has 0 saturated carbocycles. The predicted molar refractivity (Wildman–Crippen MR) is 54.6 cm³/mol. The van der Waals surface area contributed by atoms with Crippen LogP contribution in [0.25, 0.3) is 0 Å². The largest absolute Gasteiger partial charge is 0.370 e. The van der Waals surface area contributed by atoms with Gasteiger partial charge >= 0.3 is 0 Å². The Morgan fingerprint density at radius 2 is 2.07 bits per heavy atom. The van der Waals surface area contributed by atoms with E-state index in [0.29, 0.717) is 5.82 Å². The van der Waals surface area contributed by atoms with Gasteiger partial charge in [0.1, 0.15) is 12.1 Å². The second-order valence-electron chi connectivity index (χ2n) is 4.46. The molecule has 1 aromatic heterocycles. The van der Waals surface area contributed by atoms with Crippen molar-refractivity contribution in [3.8, 4) is 0 Å². The van der Waals surface area contributed by atoms with E-state index in [1.165, 1.54) is 12.4 Å². The highest BCUT2D eigenvalue weighted by Gasteiger charge is 2.09. The standard InChI is InChI=1S/C10H16FN3/c1-10(2,3)4-5-12-9-6-8(11)13-7-14-9/h6-7H,4-5H2,1-3H3,(H,12,13,14). The summed E-state index contributed by atoms with van der Waals surface area (Å²) in [6.45, 7) is 7.28. The van der Waals surface area contributed by atoms with E-state index in [0.717, 1.165) is 13.0 Å². The fourth-order valence-electron chi connectivity index (χ4n) is 0.996. The number of anilines is 1. The molecule has 0 aliphatic rings. The maximum atomic E-state index is 12.6. The zero-order chi connectivity index (χ0) is 10.6. The first-order valence-corrected chi connectivity index (χ1v) is 4.69. The molecule has 0 unspecified atom stereocenters. The van der Waals surface area contributed by atoms with Gasteiger partial charge in [0.15, 0.2) is 0 Å². The van der Waals surface area contributed by atoms with E-state index in [1.54, 1.807) is 0 Å². The molecule has 0 atom stereocenters. The van der Waals surface area contributed by atoms with Crippen LogP contribution >= 0.6 is 0 Å². The molecular weight excluding hydrogens is 181 g/mol. The second kappa shape index (κ2) is 4.35. The van der Waals surface area contributed by atoms with E-state index in [4.69, 9.17) is 0 Å². The van der Waals surface area contributed by atoms with Crippen LogP contribution in [-0.2, 0) is 0 Å². The van der Waals surface area contributed by atoms with Gasteiger partial charge in [-0.25, -0.2) is 9.97 Å². The summed E-state index contributed by atoms with van der Waals surface area (Å²) < 4.78 is 12.6. The molecule has 4 heteroatoms. The van der Waals surface area contributed by atoms with E-state index in [-0.39, 0.29) is 5.41 Å². The number of halogens is 1. The monoisotopic (exact) mass is 197 g/mol. The quantitative estimate of drug-likeness (QED) is 0.756. The number of nitrogens with zero attached hydrogens (tertiary/aromatic N) is 2. The van der Waals surface area contributed by atoms with Crippen molar-refractivity contribution in [1.82, 2.24) is 9.97 Å². The fourth-order valence-corrected chi connectivity index (χ4v) is 0.996. The lowest BCUT2D eigenvalue weighted by atomic mass is 9.92. The summed E-state index contributed by atoms with van der Waals surface area (Å²) in [6, 6.07) is 1.29. The van der Waals surface area contributed by atoms with Gasteiger partial charge in [0.05, 0.1) is 0 Å². The molecule has 1 rings (SSSR count). The molecule has 0 aromatic carbocycles. The molecule has 0 aliphatic carbocycles. The van der Waals surface area contributed by atoms with Crippen molar-refractivity contribution < 1.29 is 4.39 Å². The molecule has 78 valence electrons. The molecule has 1 heterocycles.